The van der Waals surface area contributed by atoms with Gasteiger partial charge in [-0.2, -0.15) is 0 Å². The van der Waals surface area contributed by atoms with Gasteiger partial charge in [0.05, 0.1) is 13.2 Å². The molecule has 0 atom stereocenters. The van der Waals surface area contributed by atoms with Crippen LogP contribution in [0.5, 0.6) is 11.5 Å². The fourth-order valence-electron chi connectivity index (χ4n) is 1.67. The fraction of sp³-hybridized carbons (Fsp3) is 0.625. The van der Waals surface area contributed by atoms with Crippen LogP contribution in [0.2, 0.25) is 0 Å². The zero-order valence-corrected chi connectivity index (χ0v) is 13.1. The van der Waals surface area contributed by atoms with Crippen molar-refractivity contribution in [3.63, 3.8) is 0 Å². The molecule has 0 unspecified atom stereocenters. The largest absolute Gasteiger partial charge is 0.493 e. The maximum atomic E-state index is 5.79. The number of ether oxygens (including phenoxy) is 3. The number of methoxy groups -OCH3 is 1. The van der Waals surface area contributed by atoms with Gasteiger partial charge in [0.25, 0.3) is 0 Å². The molecule has 1 rings (SSSR count). The third-order valence-electron chi connectivity index (χ3n) is 2.76. The van der Waals surface area contributed by atoms with E-state index >= 15 is 0 Å². The van der Waals surface area contributed by atoms with Crippen molar-refractivity contribution in [2.45, 2.75) is 39.8 Å². The van der Waals surface area contributed by atoms with Crippen LogP contribution in [-0.4, -0.2) is 33.0 Å². The Morgan fingerprint density at radius 3 is 2.55 bits per heavy atom. The number of rotatable bonds is 10. The average Bonchev–Trinajstić information content (AvgIpc) is 2.44. The third kappa shape index (κ3) is 6.26. The summed E-state index contributed by atoms with van der Waals surface area (Å²) >= 11 is 0. The van der Waals surface area contributed by atoms with Gasteiger partial charge in [-0.1, -0.05) is 26.8 Å². The molecular weight excluding hydrogens is 254 g/mol. The molecule has 0 saturated carbocycles. The minimum absolute atomic E-state index is 0.442. The van der Waals surface area contributed by atoms with Gasteiger partial charge >= 0.3 is 0 Å². The van der Waals surface area contributed by atoms with Crippen molar-refractivity contribution in [2.24, 2.45) is 0 Å². The Morgan fingerprint density at radius 2 is 1.90 bits per heavy atom. The molecular formula is C16H27NO3. The monoisotopic (exact) mass is 281 g/mol. The molecule has 0 amide bonds. The van der Waals surface area contributed by atoms with Crippen molar-refractivity contribution in [3.05, 3.63) is 23.8 Å². The molecule has 0 saturated heterocycles. The molecule has 0 aromatic heterocycles. The molecule has 0 heterocycles. The van der Waals surface area contributed by atoms with E-state index in [4.69, 9.17) is 14.2 Å². The van der Waals surface area contributed by atoms with E-state index in [1.165, 1.54) is 0 Å². The molecule has 0 fully saturated rings. The minimum Gasteiger partial charge on any atom is -0.493 e. The van der Waals surface area contributed by atoms with E-state index in [1.54, 1.807) is 7.11 Å². The van der Waals surface area contributed by atoms with Gasteiger partial charge in [-0.3, -0.25) is 0 Å². The lowest BCUT2D eigenvalue weighted by molar-refractivity contribution is 0.145. The Balaban J connectivity index is 2.73. The molecule has 0 aliphatic heterocycles. The van der Waals surface area contributed by atoms with E-state index in [9.17, 15) is 0 Å². The Morgan fingerprint density at radius 1 is 1.10 bits per heavy atom. The topological polar surface area (TPSA) is 39.7 Å². The van der Waals surface area contributed by atoms with Crippen molar-refractivity contribution >= 4 is 0 Å². The van der Waals surface area contributed by atoms with Gasteiger partial charge in [0.2, 0.25) is 0 Å². The van der Waals surface area contributed by atoms with Crippen LogP contribution in [0.15, 0.2) is 18.2 Å². The SMILES string of the molecule is CCCOc1ccc(CNC(C)C)c(OCCOC)c1. The highest BCUT2D eigenvalue weighted by atomic mass is 16.5. The molecule has 4 heteroatoms. The summed E-state index contributed by atoms with van der Waals surface area (Å²) in [6, 6.07) is 6.46. The number of nitrogens with one attached hydrogen (secondary N) is 1. The smallest absolute Gasteiger partial charge is 0.127 e. The first-order valence-electron chi connectivity index (χ1n) is 7.28. The highest BCUT2D eigenvalue weighted by molar-refractivity contribution is 5.40. The third-order valence-corrected chi connectivity index (χ3v) is 2.76. The van der Waals surface area contributed by atoms with E-state index in [0.717, 1.165) is 36.6 Å². The fourth-order valence-corrected chi connectivity index (χ4v) is 1.67. The van der Waals surface area contributed by atoms with Gasteiger partial charge < -0.3 is 19.5 Å². The highest BCUT2D eigenvalue weighted by Gasteiger charge is 2.07. The predicted octanol–water partition coefficient (Wildman–Crippen LogP) is 3.00. The van der Waals surface area contributed by atoms with Crippen LogP contribution in [0.4, 0.5) is 0 Å². The number of hydrogen-bond acceptors (Lipinski definition) is 4. The van der Waals surface area contributed by atoms with Gasteiger partial charge in [0.15, 0.2) is 0 Å². The van der Waals surface area contributed by atoms with Crippen molar-refractivity contribution in [1.82, 2.24) is 5.32 Å². The molecule has 0 bridgehead atoms. The molecule has 0 radical (unpaired) electrons. The summed E-state index contributed by atoms with van der Waals surface area (Å²) in [6.07, 6.45) is 0.997. The van der Waals surface area contributed by atoms with Gasteiger partial charge in [-0.25, -0.2) is 0 Å². The lowest BCUT2D eigenvalue weighted by Crippen LogP contribution is -2.22. The average molecular weight is 281 g/mol. The minimum atomic E-state index is 0.442. The summed E-state index contributed by atoms with van der Waals surface area (Å²) < 4.78 is 16.5. The maximum Gasteiger partial charge on any atom is 0.127 e. The maximum absolute atomic E-state index is 5.79. The van der Waals surface area contributed by atoms with Crippen molar-refractivity contribution < 1.29 is 14.2 Å². The molecule has 0 aliphatic carbocycles. The van der Waals surface area contributed by atoms with Crippen LogP contribution in [0.25, 0.3) is 0 Å². The normalized spacial score (nSPS) is 10.8. The highest BCUT2D eigenvalue weighted by Crippen LogP contribution is 2.25. The first kappa shape index (κ1) is 16.8. The summed E-state index contributed by atoms with van der Waals surface area (Å²) in [7, 11) is 1.67. The molecule has 1 aromatic carbocycles. The standard InChI is InChI=1S/C16H27NO3/c1-5-8-19-15-7-6-14(12-17-13(2)3)16(11-15)20-10-9-18-4/h6-7,11,13,17H,5,8-10,12H2,1-4H3. The summed E-state index contributed by atoms with van der Waals surface area (Å²) in [5, 5.41) is 3.40. The van der Waals surface area contributed by atoms with Gasteiger partial charge in [0, 0.05) is 31.3 Å². The number of hydrogen-bond donors (Lipinski definition) is 1. The molecule has 1 N–H and O–H groups in total. The second kappa shape index (κ2) is 9.61. The van der Waals surface area contributed by atoms with Crippen molar-refractivity contribution in [3.8, 4) is 11.5 Å². The van der Waals surface area contributed by atoms with E-state index in [2.05, 4.69) is 32.2 Å². The first-order valence-corrected chi connectivity index (χ1v) is 7.28. The Kier molecular flexibility index (Phi) is 8.07. The van der Waals surface area contributed by atoms with E-state index in [1.807, 2.05) is 12.1 Å². The Bertz CT molecular complexity index is 380. The molecule has 4 nitrogen and oxygen atoms in total. The van der Waals surface area contributed by atoms with E-state index in [-0.39, 0.29) is 0 Å². The van der Waals surface area contributed by atoms with E-state index < -0.39 is 0 Å². The van der Waals surface area contributed by atoms with Crippen LogP contribution in [0.3, 0.4) is 0 Å². The van der Waals surface area contributed by atoms with Crippen molar-refractivity contribution in [2.75, 3.05) is 26.9 Å². The predicted molar refractivity (Wildman–Crippen MR) is 81.6 cm³/mol. The van der Waals surface area contributed by atoms with Gasteiger partial charge in [0.1, 0.15) is 18.1 Å². The summed E-state index contributed by atoms with van der Waals surface area (Å²) in [5.41, 5.74) is 1.14. The second-order valence-electron chi connectivity index (χ2n) is 4.99. The molecule has 20 heavy (non-hydrogen) atoms. The van der Waals surface area contributed by atoms with Crippen molar-refractivity contribution in [1.29, 1.82) is 0 Å². The lowest BCUT2D eigenvalue weighted by atomic mass is 10.2. The van der Waals surface area contributed by atoms with Crippen LogP contribution in [0, 0.1) is 0 Å². The summed E-state index contributed by atoms with van der Waals surface area (Å²) in [6.45, 7) is 8.99. The molecule has 1 aromatic rings. The van der Waals surface area contributed by atoms with Crippen LogP contribution >= 0.6 is 0 Å². The van der Waals surface area contributed by atoms with E-state index in [0.29, 0.717) is 19.3 Å². The quantitative estimate of drug-likeness (QED) is 0.669. The van der Waals surface area contributed by atoms with Crippen LogP contribution in [-0.2, 0) is 11.3 Å². The second-order valence-corrected chi connectivity index (χ2v) is 4.99. The van der Waals surface area contributed by atoms with Gasteiger partial charge in [-0.05, 0) is 12.5 Å². The summed E-state index contributed by atoms with van der Waals surface area (Å²) in [4.78, 5) is 0. The van der Waals surface area contributed by atoms with Crippen LogP contribution < -0.4 is 14.8 Å². The number of benzene rings is 1. The molecule has 0 spiro atoms. The summed E-state index contributed by atoms with van der Waals surface area (Å²) in [5.74, 6) is 1.72. The van der Waals surface area contributed by atoms with Crippen LogP contribution in [0.1, 0.15) is 32.8 Å². The zero-order chi connectivity index (χ0) is 14.8. The molecule has 114 valence electrons. The Hall–Kier alpha value is -1.26. The zero-order valence-electron chi connectivity index (χ0n) is 13.1. The van der Waals surface area contributed by atoms with Gasteiger partial charge in [-0.15, -0.1) is 0 Å². The molecule has 0 aliphatic rings. The lowest BCUT2D eigenvalue weighted by Gasteiger charge is -2.15. The first-order chi connectivity index (χ1) is 9.67. The Labute approximate surface area is 122 Å².